The molecule has 0 unspecified atom stereocenters. The van der Waals surface area contributed by atoms with Gasteiger partial charge in [-0.05, 0) is 42.2 Å². The second-order valence-electron chi connectivity index (χ2n) is 8.03. The van der Waals surface area contributed by atoms with Crippen LogP contribution in [0.2, 0.25) is 0 Å². The Balaban J connectivity index is 1.43. The van der Waals surface area contributed by atoms with Crippen LogP contribution in [0, 0.1) is 0 Å². The van der Waals surface area contributed by atoms with Crippen molar-refractivity contribution in [2.75, 3.05) is 31.6 Å². The fourth-order valence-electron chi connectivity index (χ4n) is 4.38. The first-order valence-corrected chi connectivity index (χ1v) is 10.3. The summed E-state index contributed by atoms with van der Waals surface area (Å²) in [6.07, 6.45) is 1.69. The highest BCUT2D eigenvalue weighted by Crippen LogP contribution is 2.34. The third-order valence-corrected chi connectivity index (χ3v) is 5.88. The van der Waals surface area contributed by atoms with Gasteiger partial charge in [-0.3, -0.25) is 0 Å². The number of urea groups is 1. The number of methoxy groups -OCH3 is 1. The van der Waals surface area contributed by atoms with Gasteiger partial charge in [0.1, 0.15) is 5.75 Å². The predicted octanol–water partition coefficient (Wildman–Crippen LogP) is 4.07. The minimum Gasteiger partial charge on any atom is -0.497 e. The number of aryl methyl sites for hydroxylation is 1. The van der Waals surface area contributed by atoms with Gasteiger partial charge in [-0.15, -0.1) is 0 Å². The molecule has 7 heteroatoms. The maximum Gasteiger partial charge on any atom is 0.318 e. The summed E-state index contributed by atoms with van der Waals surface area (Å²) in [5.41, 5.74) is 3.22. The second-order valence-corrected chi connectivity index (χ2v) is 8.03. The average Bonchev–Trinajstić information content (AvgIpc) is 3.07. The van der Waals surface area contributed by atoms with E-state index in [9.17, 15) is 13.6 Å². The van der Waals surface area contributed by atoms with E-state index in [0.717, 1.165) is 36.4 Å². The molecule has 0 saturated carbocycles. The average molecular weight is 415 g/mol. The van der Waals surface area contributed by atoms with E-state index in [1.54, 1.807) is 7.11 Å². The Labute approximate surface area is 175 Å². The lowest BCUT2D eigenvalue weighted by molar-refractivity contribution is 0.0147. The number of amides is 2. The van der Waals surface area contributed by atoms with Crippen LogP contribution in [-0.2, 0) is 13.0 Å². The molecule has 2 aliphatic rings. The zero-order valence-electron chi connectivity index (χ0n) is 17.1. The molecule has 0 spiro atoms. The molecule has 1 N–H and O–H groups in total. The van der Waals surface area contributed by atoms with Crippen molar-refractivity contribution in [2.24, 2.45) is 0 Å². The number of nitrogens with zero attached hydrogens (tertiary/aromatic N) is 2. The van der Waals surface area contributed by atoms with Crippen LogP contribution in [0.15, 0.2) is 48.5 Å². The van der Waals surface area contributed by atoms with E-state index >= 15 is 0 Å². The largest absolute Gasteiger partial charge is 0.497 e. The van der Waals surface area contributed by atoms with Crippen molar-refractivity contribution in [1.29, 1.82) is 0 Å². The fraction of sp³-hybridized carbons (Fsp3) is 0.435. The van der Waals surface area contributed by atoms with E-state index in [4.69, 9.17) is 4.74 Å². The van der Waals surface area contributed by atoms with Gasteiger partial charge >= 0.3 is 6.03 Å². The number of benzene rings is 2. The first-order chi connectivity index (χ1) is 14.4. The zero-order valence-corrected chi connectivity index (χ0v) is 17.1. The number of fused-ring (bicyclic) bond motifs is 1. The zero-order chi connectivity index (χ0) is 21.1. The number of halogens is 2. The molecule has 2 aliphatic heterocycles. The number of anilines is 1. The summed E-state index contributed by atoms with van der Waals surface area (Å²) in [5.74, 6) is -2.14. The molecule has 4 rings (SSSR count). The summed E-state index contributed by atoms with van der Waals surface area (Å²) in [6, 6.07) is 14.4. The third-order valence-electron chi connectivity index (χ3n) is 5.88. The van der Waals surface area contributed by atoms with Crippen molar-refractivity contribution in [3.05, 3.63) is 59.7 Å². The Hall–Kier alpha value is -2.83. The monoisotopic (exact) mass is 415 g/mol. The molecule has 30 heavy (non-hydrogen) atoms. The van der Waals surface area contributed by atoms with Gasteiger partial charge in [-0.25, -0.2) is 13.6 Å². The Morgan fingerprint density at radius 3 is 2.73 bits per heavy atom. The van der Waals surface area contributed by atoms with Crippen molar-refractivity contribution >= 4 is 11.7 Å². The summed E-state index contributed by atoms with van der Waals surface area (Å²) >= 11 is 0. The summed E-state index contributed by atoms with van der Waals surface area (Å²) in [5, 5.41) is 2.80. The lowest BCUT2D eigenvalue weighted by Crippen LogP contribution is -2.48. The summed E-state index contributed by atoms with van der Waals surface area (Å²) in [6.45, 7) is 0.981. The number of alkyl halides is 2. The molecule has 0 aliphatic carbocycles. The Morgan fingerprint density at radius 2 is 1.97 bits per heavy atom. The number of ether oxygens (including phenoxy) is 1. The predicted molar refractivity (Wildman–Crippen MR) is 112 cm³/mol. The summed E-state index contributed by atoms with van der Waals surface area (Å²) < 4.78 is 33.6. The molecule has 0 aromatic heterocycles. The lowest BCUT2D eigenvalue weighted by atomic mass is 10.0. The van der Waals surface area contributed by atoms with Gasteiger partial charge in [-0.1, -0.05) is 30.3 Å². The smallest absolute Gasteiger partial charge is 0.318 e. The molecule has 2 aromatic carbocycles. The molecule has 5 nitrogen and oxygen atoms in total. The highest BCUT2D eigenvalue weighted by Gasteiger charge is 2.47. The summed E-state index contributed by atoms with van der Waals surface area (Å²) in [4.78, 5) is 16.2. The van der Waals surface area contributed by atoms with Crippen molar-refractivity contribution < 1.29 is 18.3 Å². The fourth-order valence-corrected chi connectivity index (χ4v) is 4.38. The van der Waals surface area contributed by atoms with Crippen LogP contribution >= 0.6 is 0 Å². The van der Waals surface area contributed by atoms with E-state index in [1.807, 2.05) is 42.5 Å². The number of rotatable bonds is 5. The van der Waals surface area contributed by atoms with E-state index in [0.29, 0.717) is 6.54 Å². The Bertz CT molecular complexity index is 888. The number of nitrogens with one attached hydrogen (secondary N) is 1. The maximum atomic E-state index is 14.2. The van der Waals surface area contributed by atoms with Crippen LogP contribution in [0.3, 0.4) is 0 Å². The standard InChI is InChI=1S/C23H27F2N3O2/c1-30-20-10-8-17(9-11-20)14-26-22(29)28-16-23(24,25)13-19(28)15-27-12-4-6-18-5-2-3-7-21(18)27/h2-3,5,7-11,19H,4,6,12-16H2,1H3,(H,26,29)/t19-/m0/s1. The minimum absolute atomic E-state index is 0.282. The van der Waals surface area contributed by atoms with Crippen LogP contribution in [0.5, 0.6) is 5.75 Å². The Kier molecular flexibility index (Phi) is 5.79. The first-order valence-electron chi connectivity index (χ1n) is 10.3. The van der Waals surface area contributed by atoms with Gasteiger partial charge in [0.25, 0.3) is 5.92 Å². The van der Waals surface area contributed by atoms with Gasteiger partial charge in [-0.2, -0.15) is 0 Å². The third kappa shape index (κ3) is 4.50. The molecule has 2 aromatic rings. The molecule has 1 fully saturated rings. The van der Waals surface area contributed by atoms with Gasteiger partial charge < -0.3 is 19.9 Å². The highest BCUT2D eigenvalue weighted by atomic mass is 19.3. The quantitative estimate of drug-likeness (QED) is 0.801. The van der Waals surface area contributed by atoms with Crippen LogP contribution < -0.4 is 15.0 Å². The molecule has 160 valence electrons. The molecule has 0 bridgehead atoms. The number of hydrogen-bond donors (Lipinski definition) is 1. The number of para-hydroxylation sites is 1. The normalized spacial score (nSPS) is 20.0. The number of hydrogen-bond acceptors (Lipinski definition) is 3. The first kappa shape index (κ1) is 20.4. The second kappa shape index (κ2) is 8.50. The molecular formula is C23H27F2N3O2. The van der Waals surface area contributed by atoms with Gasteiger partial charge in [0, 0.05) is 31.7 Å². The molecular weight excluding hydrogens is 388 g/mol. The van der Waals surface area contributed by atoms with E-state index < -0.39 is 24.5 Å². The van der Waals surface area contributed by atoms with Crippen molar-refractivity contribution in [2.45, 2.75) is 37.8 Å². The molecule has 2 amide bonds. The van der Waals surface area contributed by atoms with E-state index in [-0.39, 0.29) is 13.0 Å². The molecule has 0 radical (unpaired) electrons. The van der Waals surface area contributed by atoms with Crippen LogP contribution in [-0.4, -0.2) is 49.6 Å². The Morgan fingerprint density at radius 1 is 1.20 bits per heavy atom. The van der Waals surface area contributed by atoms with Gasteiger partial charge in [0.15, 0.2) is 0 Å². The van der Waals surface area contributed by atoms with E-state index in [2.05, 4.69) is 16.3 Å². The topological polar surface area (TPSA) is 44.8 Å². The molecule has 1 saturated heterocycles. The number of carbonyl (C=O) groups is 1. The van der Waals surface area contributed by atoms with Gasteiger partial charge in [0.2, 0.25) is 0 Å². The van der Waals surface area contributed by atoms with Crippen LogP contribution in [0.25, 0.3) is 0 Å². The minimum atomic E-state index is -2.86. The molecule has 2 heterocycles. The van der Waals surface area contributed by atoms with Crippen molar-refractivity contribution in [3.8, 4) is 5.75 Å². The van der Waals surface area contributed by atoms with Crippen LogP contribution in [0.1, 0.15) is 24.0 Å². The molecule has 1 atom stereocenters. The van der Waals surface area contributed by atoms with Crippen molar-refractivity contribution in [1.82, 2.24) is 10.2 Å². The van der Waals surface area contributed by atoms with E-state index in [1.165, 1.54) is 10.5 Å². The lowest BCUT2D eigenvalue weighted by Gasteiger charge is -2.35. The van der Waals surface area contributed by atoms with Crippen LogP contribution in [0.4, 0.5) is 19.3 Å². The highest BCUT2D eigenvalue weighted by molar-refractivity contribution is 5.75. The number of likely N-dealkylation sites (tertiary alicyclic amines) is 1. The van der Waals surface area contributed by atoms with Crippen molar-refractivity contribution in [3.63, 3.8) is 0 Å². The SMILES string of the molecule is COc1ccc(CNC(=O)N2CC(F)(F)C[C@H]2CN2CCCc3ccccc32)cc1. The number of carbonyl (C=O) groups excluding carboxylic acids is 1. The maximum absolute atomic E-state index is 14.2. The summed E-state index contributed by atoms with van der Waals surface area (Å²) in [7, 11) is 1.59. The van der Waals surface area contributed by atoms with Gasteiger partial charge in [0.05, 0.1) is 19.7 Å².